The van der Waals surface area contributed by atoms with Gasteiger partial charge in [-0.15, -0.1) is 0 Å². The third kappa shape index (κ3) is 7.79. The minimum Gasteiger partial charge on any atom is -0.463 e. The lowest BCUT2D eigenvalue weighted by Crippen LogP contribution is -2.24. The molecule has 0 radical (unpaired) electrons. The summed E-state index contributed by atoms with van der Waals surface area (Å²) in [6.07, 6.45) is -1.81. The third-order valence-corrected chi connectivity index (χ3v) is 3.58. The number of aliphatic hydroxyl groups is 1. The Morgan fingerprint density at radius 3 is 2.43 bits per heavy atom. The van der Waals surface area contributed by atoms with E-state index in [1.165, 1.54) is 0 Å². The van der Waals surface area contributed by atoms with Crippen LogP contribution in [-0.2, 0) is 29.6 Å². The normalized spacial score (nSPS) is 13.1. The van der Waals surface area contributed by atoms with Gasteiger partial charge in [0.15, 0.2) is 0 Å². The maximum atomic E-state index is 11.7. The van der Waals surface area contributed by atoms with E-state index in [4.69, 9.17) is 8.92 Å². The lowest BCUT2D eigenvalue weighted by molar-refractivity contribution is -0.150. The summed E-state index contributed by atoms with van der Waals surface area (Å²) >= 11 is 0. The van der Waals surface area contributed by atoms with E-state index in [0.717, 1.165) is 0 Å². The van der Waals surface area contributed by atoms with Gasteiger partial charge in [0.2, 0.25) is 0 Å². The summed E-state index contributed by atoms with van der Waals surface area (Å²) in [5, 5.41) is 9.57. The van der Waals surface area contributed by atoms with Crippen molar-refractivity contribution in [2.75, 3.05) is 6.61 Å². The van der Waals surface area contributed by atoms with Crippen LogP contribution in [0, 0.1) is 0 Å². The molecule has 1 aromatic rings. The summed E-state index contributed by atoms with van der Waals surface area (Å²) in [6.45, 7) is 2.90. The molecule has 1 rings (SSSR count). The lowest BCUT2D eigenvalue weighted by atomic mass is 10.2. The highest BCUT2D eigenvalue weighted by Crippen LogP contribution is 2.08. The minimum atomic E-state index is -3.80. The van der Waals surface area contributed by atoms with Gasteiger partial charge < -0.3 is 9.84 Å². The monoisotopic (exact) mass is 316 g/mol. The smallest absolute Gasteiger partial charge is 0.308 e. The van der Waals surface area contributed by atoms with E-state index >= 15 is 0 Å². The zero-order valence-electron chi connectivity index (χ0n) is 12.1. The molecule has 7 heteroatoms. The maximum Gasteiger partial charge on any atom is 0.308 e. The topological polar surface area (TPSA) is 89.9 Å². The largest absolute Gasteiger partial charge is 0.463 e. The number of benzene rings is 1. The Bertz CT molecular complexity index is 538. The van der Waals surface area contributed by atoms with E-state index in [-0.39, 0.29) is 18.3 Å². The number of ether oxygens (including phenoxy) is 1. The van der Waals surface area contributed by atoms with Crippen molar-refractivity contribution < 1.29 is 27.2 Å². The molecule has 0 saturated carbocycles. The van der Waals surface area contributed by atoms with E-state index in [2.05, 4.69) is 0 Å². The van der Waals surface area contributed by atoms with Crippen LogP contribution >= 0.6 is 0 Å². The minimum absolute atomic E-state index is 0.281. The van der Waals surface area contributed by atoms with Crippen molar-refractivity contribution in [1.82, 2.24) is 0 Å². The van der Waals surface area contributed by atoms with Crippen LogP contribution in [0.2, 0.25) is 0 Å². The van der Waals surface area contributed by atoms with Crippen LogP contribution < -0.4 is 0 Å². The standard InChI is InChI=1S/C14H20O6S/c1-11(2)20-14(16)8-13(15)9-19-21(17,18)10-12-6-4-3-5-7-12/h3-7,11,13,15H,8-10H2,1-2H3. The molecule has 21 heavy (non-hydrogen) atoms. The van der Waals surface area contributed by atoms with Gasteiger partial charge in [0.1, 0.15) is 5.75 Å². The van der Waals surface area contributed by atoms with Gasteiger partial charge in [-0.05, 0) is 19.4 Å². The van der Waals surface area contributed by atoms with Gasteiger partial charge in [0, 0.05) is 0 Å². The first kappa shape index (κ1) is 17.6. The summed E-state index contributed by atoms with van der Waals surface area (Å²) < 4.78 is 33.0. The lowest BCUT2D eigenvalue weighted by Gasteiger charge is -2.12. The molecular weight excluding hydrogens is 296 g/mol. The van der Waals surface area contributed by atoms with E-state index in [9.17, 15) is 18.3 Å². The number of carbonyl (C=O) groups excluding carboxylic acids is 1. The quantitative estimate of drug-likeness (QED) is 0.573. The van der Waals surface area contributed by atoms with Gasteiger partial charge in [-0.2, -0.15) is 8.42 Å². The summed E-state index contributed by atoms with van der Waals surface area (Å²) in [5.74, 6) is -0.877. The maximum absolute atomic E-state index is 11.7. The van der Waals surface area contributed by atoms with Crippen LogP contribution in [-0.4, -0.2) is 38.3 Å². The molecule has 0 aliphatic heterocycles. The second kappa shape index (κ2) is 8.11. The van der Waals surface area contributed by atoms with Crippen LogP contribution in [0.3, 0.4) is 0 Å². The van der Waals surface area contributed by atoms with Crippen molar-refractivity contribution in [2.45, 2.75) is 38.2 Å². The molecule has 0 aliphatic carbocycles. The van der Waals surface area contributed by atoms with Crippen LogP contribution in [0.1, 0.15) is 25.8 Å². The van der Waals surface area contributed by atoms with Crippen molar-refractivity contribution in [3.8, 4) is 0 Å². The molecule has 0 amide bonds. The van der Waals surface area contributed by atoms with E-state index in [0.29, 0.717) is 5.56 Å². The molecule has 0 spiro atoms. The second-order valence-electron chi connectivity index (χ2n) is 4.87. The number of hydrogen-bond donors (Lipinski definition) is 1. The summed E-state index contributed by atoms with van der Waals surface area (Å²) in [7, 11) is -3.80. The van der Waals surface area contributed by atoms with E-state index < -0.39 is 28.8 Å². The average Bonchev–Trinajstić information content (AvgIpc) is 2.36. The second-order valence-corrected chi connectivity index (χ2v) is 6.51. The molecular formula is C14H20O6S. The van der Waals surface area contributed by atoms with Crippen LogP contribution in [0.5, 0.6) is 0 Å². The highest BCUT2D eigenvalue weighted by molar-refractivity contribution is 7.85. The fourth-order valence-corrected chi connectivity index (χ4v) is 2.61. The molecule has 0 saturated heterocycles. The van der Waals surface area contributed by atoms with Crippen molar-refractivity contribution in [2.24, 2.45) is 0 Å². The highest BCUT2D eigenvalue weighted by Gasteiger charge is 2.18. The average molecular weight is 316 g/mol. The third-order valence-electron chi connectivity index (χ3n) is 2.40. The first-order chi connectivity index (χ1) is 9.78. The number of carbonyl (C=O) groups is 1. The van der Waals surface area contributed by atoms with Crippen LogP contribution in [0.4, 0.5) is 0 Å². The number of aliphatic hydroxyl groups excluding tert-OH is 1. The van der Waals surface area contributed by atoms with Crippen LogP contribution in [0.25, 0.3) is 0 Å². The molecule has 118 valence electrons. The van der Waals surface area contributed by atoms with Crippen molar-refractivity contribution >= 4 is 16.1 Å². The first-order valence-electron chi connectivity index (χ1n) is 6.57. The fourth-order valence-electron chi connectivity index (χ4n) is 1.56. The molecule has 1 N–H and O–H groups in total. The predicted octanol–water partition coefficient (Wildman–Crippen LogP) is 1.24. The molecule has 0 fully saturated rings. The molecule has 0 aliphatic rings. The first-order valence-corrected chi connectivity index (χ1v) is 8.15. The zero-order valence-corrected chi connectivity index (χ0v) is 12.9. The Morgan fingerprint density at radius 2 is 1.86 bits per heavy atom. The van der Waals surface area contributed by atoms with E-state index in [1.54, 1.807) is 44.2 Å². The SMILES string of the molecule is CC(C)OC(=O)CC(O)COS(=O)(=O)Cc1ccccc1. The van der Waals surface area contributed by atoms with Gasteiger partial charge in [0.25, 0.3) is 10.1 Å². The van der Waals surface area contributed by atoms with Crippen molar-refractivity contribution in [3.63, 3.8) is 0 Å². The predicted molar refractivity (Wildman–Crippen MR) is 76.9 cm³/mol. The van der Waals surface area contributed by atoms with Gasteiger partial charge in [-0.1, -0.05) is 30.3 Å². The van der Waals surface area contributed by atoms with E-state index in [1.807, 2.05) is 0 Å². The fraction of sp³-hybridized carbons (Fsp3) is 0.500. The number of hydrogen-bond acceptors (Lipinski definition) is 6. The van der Waals surface area contributed by atoms with Gasteiger partial charge in [0.05, 0.1) is 25.2 Å². The molecule has 6 nitrogen and oxygen atoms in total. The van der Waals surface area contributed by atoms with Crippen LogP contribution in [0.15, 0.2) is 30.3 Å². The molecule has 1 aromatic carbocycles. The number of rotatable bonds is 8. The number of esters is 1. The molecule has 0 heterocycles. The molecule has 0 aromatic heterocycles. The Kier molecular flexibility index (Phi) is 6.80. The van der Waals surface area contributed by atoms with Crippen molar-refractivity contribution in [3.05, 3.63) is 35.9 Å². The molecule has 0 bridgehead atoms. The van der Waals surface area contributed by atoms with Crippen molar-refractivity contribution in [1.29, 1.82) is 0 Å². The summed E-state index contributed by atoms with van der Waals surface area (Å²) in [5.41, 5.74) is 0.589. The van der Waals surface area contributed by atoms with Gasteiger partial charge in [-0.25, -0.2) is 0 Å². The Hall–Kier alpha value is -1.44. The molecule has 1 unspecified atom stereocenters. The Labute approximate surface area is 124 Å². The summed E-state index contributed by atoms with van der Waals surface area (Å²) in [6, 6.07) is 8.55. The Balaban J connectivity index is 2.41. The van der Waals surface area contributed by atoms with Gasteiger partial charge in [-0.3, -0.25) is 8.98 Å². The molecule has 1 atom stereocenters. The zero-order chi connectivity index (χ0) is 15.9. The van der Waals surface area contributed by atoms with Gasteiger partial charge >= 0.3 is 5.97 Å². The summed E-state index contributed by atoms with van der Waals surface area (Å²) in [4.78, 5) is 11.3. The Morgan fingerprint density at radius 1 is 1.24 bits per heavy atom. The highest BCUT2D eigenvalue weighted by atomic mass is 32.2.